The van der Waals surface area contributed by atoms with E-state index in [1.807, 2.05) is 6.08 Å². The Labute approximate surface area is 455 Å². The van der Waals surface area contributed by atoms with Gasteiger partial charge in [0, 0.05) is 12.8 Å². The average molecular weight is 1020 g/mol. The van der Waals surface area contributed by atoms with Crippen LogP contribution in [0.3, 0.4) is 0 Å². The molecule has 0 aliphatic carbocycles. The number of aliphatic hydroxyl groups excluding tert-OH is 2. The van der Waals surface area contributed by atoms with Crippen LogP contribution in [0.4, 0.5) is 0 Å². The fraction of sp³-hybridized carbons (Fsp3) is 0.851. The first-order valence-corrected chi connectivity index (χ1v) is 32.4. The number of carbonyl (C=O) groups is 2. The average Bonchev–Trinajstić information content (AvgIpc) is 3.39. The molecule has 0 aliphatic heterocycles. The minimum atomic E-state index is -0.845. The Morgan fingerprint density at radius 1 is 0.384 bits per heavy atom. The Morgan fingerprint density at radius 2 is 0.685 bits per heavy atom. The summed E-state index contributed by atoms with van der Waals surface area (Å²) in [7, 11) is 0. The van der Waals surface area contributed by atoms with E-state index in [9.17, 15) is 19.8 Å². The largest absolute Gasteiger partial charge is 0.466 e. The van der Waals surface area contributed by atoms with Crippen molar-refractivity contribution < 1.29 is 24.5 Å². The number of amides is 1. The molecule has 0 aromatic heterocycles. The standard InChI is InChI=1S/C67H125NO5/c1-3-5-7-9-11-13-15-17-18-33-37-41-45-49-53-57-61-67(72)73-62-58-54-50-46-42-38-34-31-29-27-25-23-21-19-20-22-24-26-28-30-32-36-40-44-48-52-56-60-66(71)68-64(63-69)65(70)59-55-51-47-43-39-35-16-14-12-10-8-6-4-2/h13,15,18-20,33,55,59,64-65,69-70H,3-12,14,16-17,21-32,34-54,56-58,60-63H2,1-2H3,(H,68,71)/b15-13-,20-19-,33-18-,59-55+. The molecule has 0 fully saturated rings. The lowest BCUT2D eigenvalue weighted by molar-refractivity contribution is -0.143. The molecule has 0 bridgehead atoms. The molecule has 6 heteroatoms. The number of aliphatic hydroxyl groups is 2. The molecular weight excluding hydrogens is 899 g/mol. The predicted octanol–water partition coefficient (Wildman–Crippen LogP) is 20.5. The van der Waals surface area contributed by atoms with E-state index in [1.54, 1.807) is 6.08 Å². The monoisotopic (exact) mass is 1020 g/mol. The lowest BCUT2D eigenvalue weighted by Crippen LogP contribution is -2.45. The summed E-state index contributed by atoms with van der Waals surface area (Å²) in [5.41, 5.74) is 0. The normalized spacial score (nSPS) is 12.9. The van der Waals surface area contributed by atoms with Crippen LogP contribution in [0.25, 0.3) is 0 Å². The lowest BCUT2D eigenvalue weighted by Gasteiger charge is -2.20. The molecule has 0 radical (unpaired) electrons. The molecule has 1 amide bonds. The van der Waals surface area contributed by atoms with Gasteiger partial charge in [0.1, 0.15) is 0 Å². The van der Waals surface area contributed by atoms with Crippen molar-refractivity contribution in [3.63, 3.8) is 0 Å². The third-order valence-electron chi connectivity index (χ3n) is 14.8. The van der Waals surface area contributed by atoms with E-state index in [0.29, 0.717) is 19.4 Å². The smallest absolute Gasteiger partial charge is 0.305 e. The van der Waals surface area contributed by atoms with Crippen molar-refractivity contribution in [2.75, 3.05) is 13.2 Å². The third-order valence-corrected chi connectivity index (χ3v) is 14.8. The number of esters is 1. The van der Waals surface area contributed by atoms with E-state index in [2.05, 4.69) is 55.6 Å². The van der Waals surface area contributed by atoms with Gasteiger partial charge in [0.15, 0.2) is 0 Å². The van der Waals surface area contributed by atoms with E-state index < -0.39 is 12.1 Å². The predicted molar refractivity (Wildman–Crippen MR) is 319 cm³/mol. The van der Waals surface area contributed by atoms with Crippen LogP contribution in [-0.2, 0) is 14.3 Å². The zero-order valence-corrected chi connectivity index (χ0v) is 48.9. The summed E-state index contributed by atoms with van der Waals surface area (Å²) in [5, 5.41) is 23.1. The molecule has 0 aromatic carbocycles. The number of unbranched alkanes of at least 4 members (excludes halogenated alkanes) is 43. The molecule has 0 aliphatic rings. The lowest BCUT2D eigenvalue weighted by atomic mass is 10.0. The second-order valence-corrected chi connectivity index (χ2v) is 22.1. The summed E-state index contributed by atoms with van der Waals surface area (Å²) in [5.74, 6) is -0.0678. The molecule has 0 saturated heterocycles. The van der Waals surface area contributed by atoms with Crippen LogP contribution in [-0.4, -0.2) is 47.4 Å². The number of rotatable bonds is 60. The summed E-state index contributed by atoms with van der Waals surface area (Å²) in [6.07, 6.45) is 80.2. The van der Waals surface area contributed by atoms with Crippen LogP contribution >= 0.6 is 0 Å². The molecule has 0 saturated carbocycles. The second-order valence-electron chi connectivity index (χ2n) is 22.1. The van der Waals surface area contributed by atoms with Crippen molar-refractivity contribution in [2.24, 2.45) is 0 Å². The number of carbonyl (C=O) groups excluding carboxylic acids is 2. The minimum Gasteiger partial charge on any atom is -0.466 e. The van der Waals surface area contributed by atoms with E-state index in [1.165, 1.54) is 263 Å². The maximum atomic E-state index is 12.5. The molecule has 73 heavy (non-hydrogen) atoms. The van der Waals surface area contributed by atoms with Crippen molar-refractivity contribution in [1.29, 1.82) is 0 Å². The molecule has 2 atom stereocenters. The highest BCUT2D eigenvalue weighted by atomic mass is 16.5. The molecule has 3 N–H and O–H groups in total. The van der Waals surface area contributed by atoms with E-state index in [-0.39, 0.29) is 18.5 Å². The van der Waals surface area contributed by atoms with Crippen LogP contribution in [0, 0.1) is 0 Å². The molecule has 0 heterocycles. The number of ether oxygens (including phenoxy) is 1. The molecular formula is C67H125NO5. The topological polar surface area (TPSA) is 95.9 Å². The van der Waals surface area contributed by atoms with Crippen molar-refractivity contribution in [1.82, 2.24) is 5.32 Å². The molecule has 2 unspecified atom stereocenters. The minimum absolute atomic E-state index is 0.00100. The van der Waals surface area contributed by atoms with Crippen molar-refractivity contribution in [3.8, 4) is 0 Å². The third kappa shape index (κ3) is 58.9. The van der Waals surface area contributed by atoms with Gasteiger partial charge in [-0.05, 0) is 89.9 Å². The maximum absolute atomic E-state index is 12.5. The maximum Gasteiger partial charge on any atom is 0.305 e. The van der Waals surface area contributed by atoms with Gasteiger partial charge >= 0.3 is 5.97 Å². The number of hydrogen-bond donors (Lipinski definition) is 3. The molecule has 0 rings (SSSR count). The number of hydrogen-bond acceptors (Lipinski definition) is 5. The Bertz CT molecular complexity index is 1230. The van der Waals surface area contributed by atoms with Crippen LogP contribution in [0.2, 0.25) is 0 Å². The molecule has 428 valence electrons. The fourth-order valence-electron chi connectivity index (χ4n) is 9.84. The van der Waals surface area contributed by atoms with Crippen molar-refractivity contribution >= 4 is 11.9 Å². The van der Waals surface area contributed by atoms with Crippen LogP contribution in [0.1, 0.15) is 341 Å². The van der Waals surface area contributed by atoms with Gasteiger partial charge in [-0.15, -0.1) is 0 Å². The van der Waals surface area contributed by atoms with E-state index >= 15 is 0 Å². The highest BCUT2D eigenvalue weighted by molar-refractivity contribution is 5.76. The van der Waals surface area contributed by atoms with Crippen LogP contribution in [0.15, 0.2) is 48.6 Å². The highest BCUT2D eigenvalue weighted by Gasteiger charge is 2.18. The zero-order valence-electron chi connectivity index (χ0n) is 48.9. The van der Waals surface area contributed by atoms with Gasteiger partial charge in [0.05, 0.1) is 25.4 Å². The van der Waals surface area contributed by atoms with Gasteiger partial charge in [-0.3, -0.25) is 9.59 Å². The zero-order chi connectivity index (χ0) is 52.9. The molecule has 0 aromatic rings. The summed E-state index contributed by atoms with van der Waals surface area (Å²) in [6, 6.07) is -0.628. The number of allylic oxidation sites excluding steroid dienone is 7. The Hall–Kier alpha value is -2.18. The van der Waals surface area contributed by atoms with E-state index in [0.717, 1.165) is 51.4 Å². The second kappa shape index (κ2) is 62.4. The van der Waals surface area contributed by atoms with Crippen LogP contribution < -0.4 is 5.32 Å². The van der Waals surface area contributed by atoms with Gasteiger partial charge in [-0.2, -0.15) is 0 Å². The quantitative estimate of drug-likeness (QED) is 0.0320. The van der Waals surface area contributed by atoms with Gasteiger partial charge in [0.25, 0.3) is 0 Å². The number of nitrogens with one attached hydrogen (secondary N) is 1. The summed E-state index contributed by atoms with van der Waals surface area (Å²) < 4.78 is 5.48. The van der Waals surface area contributed by atoms with Gasteiger partial charge < -0.3 is 20.3 Å². The first-order valence-electron chi connectivity index (χ1n) is 32.4. The van der Waals surface area contributed by atoms with E-state index in [4.69, 9.17) is 4.74 Å². The van der Waals surface area contributed by atoms with Crippen molar-refractivity contribution in [2.45, 2.75) is 353 Å². The Balaban J connectivity index is 3.40. The van der Waals surface area contributed by atoms with Gasteiger partial charge in [0.2, 0.25) is 5.91 Å². The first-order chi connectivity index (χ1) is 36.0. The first kappa shape index (κ1) is 70.8. The summed E-state index contributed by atoms with van der Waals surface area (Å²) in [4.78, 5) is 24.5. The summed E-state index contributed by atoms with van der Waals surface area (Å²) in [6.45, 7) is 4.89. The van der Waals surface area contributed by atoms with Crippen LogP contribution in [0.5, 0.6) is 0 Å². The summed E-state index contributed by atoms with van der Waals surface area (Å²) >= 11 is 0. The Morgan fingerprint density at radius 3 is 1.07 bits per heavy atom. The molecule has 6 nitrogen and oxygen atoms in total. The fourth-order valence-corrected chi connectivity index (χ4v) is 9.84. The van der Waals surface area contributed by atoms with Gasteiger partial charge in [-0.25, -0.2) is 0 Å². The molecule has 0 spiro atoms. The Kier molecular flexibility index (Phi) is 60.5. The van der Waals surface area contributed by atoms with Gasteiger partial charge in [-0.1, -0.05) is 287 Å². The van der Waals surface area contributed by atoms with Crippen molar-refractivity contribution in [3.05, 3.63) is 48.6 Å². The highest BCUT2D eigenvalue weighted by Crippen LogP contribution is 2.17. The SMILES string of the molecule is CCCCCC/C=C\C/C=C\CCCCCCCC(=O)OCCCCCCCCCCCCCC/C=C\CCCCCCCCCCCCCC(=O)NC(CO)C(O)/C=C/CCCCCCCCCCCCC.